The van der Waals surface area contributed by atoms with Crippen molar-refractivity contribution in [1.82, 2.24) is 5.32 Å². The van der Waals surface area contributed by atoms with E-state index < -0.39 is 0 Å². The number of rotatable bonds is 0. The lowest BCUT2D eigenvalue weighted by Gasteiger charge is -2.19. The molecule has 0 aromatic heterocycles. The third-order valence-corrected chi connectivity index (χ3v) is 2.60. The van der Waals surface area contributed by atoms with Gasteiger partial charge in [-0.05, 0) is 30.2 Å². The van der Waals surface area contributed by atoms with Crippen molar-refractivity contribution in [2.75, 3.05) is 12.3 Å². The third kappa shape index (κ3) is 1.17. The van der Waals surface area contributed by atoms with E-state index in [1.807, 2.05) is 6.07 Å². The molecule has 1 aromatic carbocycles. The van der Waals surface area contributed by atoms with Gasteiger partial charge in [-0.1, -0.05) is 17.7 Å². The fourth-order valence-electron chi connectivity index (χ4n) is 1.56. The molecule has 0 amide bonds. The van der Waals surface area contributed by atoms with Gasteiger partial charge in [0, 0.05) is 6.54 Å². The summed E-state index contributed by atoms with van der Waals surface area (Å²) in [5, 5.41) is 3.93. The first-order valence-electron chi connectivity index (χ1n) is 4.05. The number of nitrogens with one attached hydrogen (secondary N) is 1. The Labute approximate surface area is 76.7 Å². The standard InChI is InChI=1S/C9H11ClN2/c10-8-2-1-6-3-4-12-5-7(6)9(8)11/h1-2,12H,3-5,11H2. The smallest absolute Gasteiger partial charge is 0.0638 e. The normalized spacial score (nSPS) is 15.8. The topological polar surface area (TPSA) is 38.0 Å². The molecule has 3 heteroatoms. The Morgan fingerprint density at radius 3 is 3.08 bits per heavy atom. The Hall–Kier alpha value is -0.730. The molecule has 0 aliphatic carbocycles. The van der Waals surface area contributed by atoms with Crippen molar-refractivity contribution < 1.29 is 0 Å². The number of anilines is 1. The Morgan fingerprint density at radius 2 is 2.25 bits per heavy atom. The summed E-state index contributed by atoms with van der Waals surface area (Å²) < 4.78 is 0. The molecule has 1 heterocycles. The van der Waals surface area contributed by atoms with E-state index in [2.05, 4.69) is 11.4 Å². The van der Waals surface area contributed by atoms with Gasteiger partial charge in [0.15, 0.2) is 0 Å². The van der Waals surface area contributed by atoms with E-state index in [0.29, 0.717) is 5.02 Å². The number of nitrogen functional groups attached to an aromatic ring is 1. The van der Waals surface area contributed by atoms with E-state index in [4.69, 9.17) is 17.3 Å². The molecule has 0 radical (unpaired) electrons. The van der Waals surface area contributed by atoms with E-state index in [1.165, 1.54) is 11.1 Å². The van der Waals surface area contributed by atoms with Crippen molar-refractivity contribution in [2.24, 2.45) is 0 Å². The fourth-order valence-corrected chi connectivity index (χ4v) is 1.74. The lowest BCUT2D eigenvalue weighted by molar-refractivity contribution is 0.645. The summed E-state index contributed by atoms with van der Waals surface area (Å²) in [6.07, 6.45) is 1.05. The highest BCUT2D eigenvalue weighted by Crippen LogP contribution is 2.27. The first-order chi connectivity index (χ1) is 5.79. The van der Waals surface area contributed by atoms with Gasteiger partial charge in [-0.25, -0.2) is 0 Å². The Kier molecular flexibility index (Phi) is 1.95. The first kappa shape index (κ1) is 7.90. The van der Waals surface area contributed by atoms with Crippen LogP contribution in [-0.2, 0) is 13.0 Å². The lowest BCUT2D eigenvalue weighted by Crippen LogP contribution is -2.24. The van der Waals surface area contributed by atoms with Crippen LogP contribution < -0.4 is 11.1 Å². The summed E-state index contributed by atoms with van der Waals surface area (Å²) in [6.45, 7) is 1.88. The van der Waals surface area contributed by atoms with Gasteiger partial charge >= 0.3 is 0 Å². The van der Waals surface area contributed by atoms with Gasteiger partial charge < -0.3 is 11.1 Å². The zero-order chi connectivity index (χ0) is 8.55. The Morgan fingerprint density at radius 1 is 1.42 bits per heavy atom. The molecule has 0 saturated heterocycles. The van der Waals surface area contributed by atoms with Gasteiger partial charge in [-0.3, -0.25) is 0 Å². The molecule has 1 aliphatic heterocycles. The highest BCUT2D eigenvalue weighted by molar-refractivity contribution is 6.33. The summed E-state index contributed by atoms with van der Waals surface area (Å²) in [5.74, 6) is 0. The Bertz CT molecular complexity index is 310. The van der Waals surface area contributed by atoms with Crippen LogP contribution in [0.4, 0.5) is 5.69 Å². The second-order valence-electron chi connectivity index (χ2n) is 3.03. The zero-order valence-electron chi connectivity index (χ0n) is 6.73. The van der Waals surface area contributed by atoms with Crippen LogP contribution in [0.5, 0.6) is 0 Å². The zero-order valence-corrected chi connectivity index (χ0v) is 7.49. The van der Waals surface area contributed by atoms with Crippen molar-refractivity contribution in [3.8, 4) is 0 Å². The largest absolute Gasteiger partial charge is 0.397 e. The minimum atomic E-state index is 0.664. The van der Waals surface area contributed by atoms with Crippen LogP contribution in [0.15, 0.2) is 12.1 Å². The highest BCUT2D eigenvalue weighted by Gasteiger charge is 2.12. The van der Waals surface area contributed by atoms with E-state index in [9.17, 15) is 0 Å². The van der Waals surface area contributed by atoms with Crippen molar-refractivity contribution in [3.63, 3.8) is 0 Å². The van der Waals surface area contributed by atoms with Crippen LogP contribution in [0, 0.1) is 0 Å². The molecule has 1 aromatic rings. The minimum absolute atomic E-state index is 0.664. The number of fused-ring (bicyclic) bond motifs is 1. The van der Waals surface area contributed by atoms with Crippen molar-refractivity contribution >= 4 is 17.3 Å². The van der Waals surface area contributed by atoms with Crippen LogP contribution in [0.3, 0.4) is 0 Å². The fraction of sp³-hybridized carbons (Fsp3) is 0.333. The summed E-state index contributed by atoms with van der Waals surface area (Å²) in [5.41, 5.74) is 9.07. The van der Waals surface area contributed by atoms with Gasteiger partial charge in [0.2, 0.25) is 0 Å². The molecule has 2 nitrogen and oxygen atoms in total. The van der Waals surface area contributed by atoms with Crippen molar-refractivity contribution in [3.05, 3.63) is 28.3 Å². The molecule has 12 heavy (non-hydrogen) atoms. The maximum absolute atomic E-state index is 5.89. The number of halogens is 1. The quantitative estimate of drug-likeness (QED) is 0.598. The monoisotopic (exact) mass is 182 g/mol. The Balaban J connectivity index is 2.54. The second kappa shape index (κ2) is 2.96. The van der Waals surface area contributed by atoms with Crippen LogP contribution in [0.1, 0.15) is 11.1 Å². The van der Waals surface area contributed by atoms with Gasteiger partial charge in [-0.15, -0.1) is 0 Å². The van der Waals surface area contributed by atoms with Gasteiger partial charge in [-0.2, -0.15) is 0 Å². The van der Waals surface area contributed by atoms with Crippen LogP contribution in [-0.4, -0.2) is 6.54 Å². The average Bonchev–Trinajstić information content (AvgIpc) is 2.12. The number of nitrogens with two attached hydrogens (primary N) is 1. The van der Waals surface area contributed by atoms with E-state index in [1.54, 1.807) is 0 Å². The van der Waals surface area contributed by atoms with Gasteiger partial charge in [0.25, 0.3) is 0 Å². The van der Waals surface area contributed by atoms with Crippen LogP contribution in [0.2, 0.25) is 5.02 Å². The molecular formula is C9H11ClN2. The van der Waals surface area contributed by atoms with Crippen molar-refractivity contribution in [2.45, 2.75) is 13.0 Å². The maximum atomic E-state index is 5.89. The molecule has 2 rings (SSSR count). The van der Waals surface area contributed by atoms with Crippen molar-refractivity contribution in [1.29, 1.82) is 0 Å². The van der Waals surface area contributed by atoms with Gasteiger partial charge in [0.1, 0.15) is 0 Å². The van der Waals surface area contributed by atoms with Gasteiger partial charge in [0.05, 0.1) is 10.7 Å². The SMILES string of the molecule is Nc1c(Cl)ccc2c1CNCC2. The highest BCUT2D eigenvalue weighted by atomic mass is 35.5. The number of hydrogen-bond donors (Lipinski definition) is 2. The first-order valence-corrected chi connectivity index (χ1v) is 4.43. The third-order valence-electron chi connectivity index (χ3n) is 2.27. The van der Waals surface area contributed by atoms with Crippen LogP contribution in [0.25, 0.3) is 0 Å². The molecule has 0 unspecified atom stereocenters. The summed E-state index contributed by atoms with van der Waals surface area (Å²) in [6, 6.07) is 3.94. The van der Waals surface area contributed by atoms with Crippen LogP contribution >= 0.6 is 11.6 Å². The molecule has 64 valence electrons. The number of benzene rings is 1. The molecule has 3 N–H and O–H groups in total. The average molecular weight is 183 g/mol. The molecule has 0 spiro atoms. The molecular weight excluding hydrogens is 172 g/mol. The summed E-state index contributed by atoms with van der Waals surface area (Å²) in [4.78, 5) is 0. The predicted molar refractivity (Wildman–Crippen MR) is 51.3 cm³/mol. The second-order valence-corrected chi connectivity index (χ2v) is 3.43. The summed E-state index contributed by atoms with van der Waals surface area (Å²) in [7, 11) is 0. The lowest BCUT2D eigenvalue weighted by atomic mass is 10.00. The maximum Gasteiger partial charge on any atom is 0.0638 e. The minimum Gasteiger partial charge on any atom is -0.397 e. The molecule has 1 aliphatic rings. The molecule has 0 saturated carbocycles. The van der Waals surface area contributed by atoms with E-state index in [-0.39, 0.29) is 0 Å². The number of hydrogen-bond acceptors (Lipinski definition) is 2. The molecule has 0 bridgehead atoms. The molecule has 0 fully saturated rings. The van der Waals surface area contributed by atoms with E-state index in [0.717, 1.165) is 25.2 Å². The molecule has 0 atom stereocenters. The summed E-state index contributed by atoms with van der Waals surface area (Å²) >= 11 is 5.89. The predicted octanol–water partition coefficient (Wildman–Crippen LogP) is 1.57. The van der Waals surface area contributed by atoms with E-state index >= 15 is 0 Å².